The molecule has 0 aliphatic carbocycles. The maximum atomic E-state index is 6.11. The van der Waals surface area contributed by atoms with Gasteiger partial charge in [-0.15, -0.1) is 10.2 Å². The summed E-state index contributed by atoms with van der Waals surface area (Å²) in [6.07, 6.45) is 2.18. The Bertz CT molecular complexity index is 1130. The molecule has 1 aromatic carbocycles. The minimum absolute atomic E-state index is 0.353. The van der Waals surface area contributed by atoms with Gasteiger partial charge in [0.05, 0.1) is 26.9 Å². The molecule has 0 aliphatic heterocycles. The maximum absolute atomic E-state index is 6.11. The van der Waals surface area contributed by atoms with Crippen LogP contribution in [0.1, 0.15) is 5.89 Å². The maximum Gasteiger partial charge on any atom is 0.251 e. The van der Waals surface area contributed by atoms with Crippen molar-refractivity contribution in [2.45, 2.75) is 6.42 Å². The van der Waals surface area contributed by atoms with Crippen LogP contribution in [0.25, 0.3) is 33.9 Å². The second-order valence-corrected chi connectivity index (χ2v) is 6.14. The molecule has 9 heteroatoms. The quantitative estimate of drug-likeness (QED) is 0.502. The fraction of sp³-hybridized carbons (Fsp3) is 0.250. The SMILES string of the molecule is COc1cc(-c2cc3nccc(-c4nnc(CCN)o4)c3o2)cc(OC)c1OC. The Morgan fingerprint density at radius 2 is 1.72 bits per heavy atom. The van der Waals surface area contributed by atoms with Crippen LogP contribution < -0.4 is 19.9 Å². The van der Waals surface area contributed by atoms with Gasteiger partial charge < -0.3 is 28.8 Å². The molecular formula is C20H20N4O5. The first kappa shape index (κ1) is 18.8. The second-order valence-electron chi connectivity index (χ2n) is 6.14. The highest BCUT2D eigenvalue weighted by Gasteiger charge is 2.19. The fourth-order valence-corrected chi connectivity index (χ4v) is 3.06. The van der Waals surface area contributed by atoms with Gasteiger partial charge in [-0.2, -0.15) is 0 Å². The van der Waals surface area contributed by atoms with E-state index >= 15 is 0 Å². The summed E-state index contributed by atoms with van der Waals surface area (Å²) in [5.41, 5.74) is 8.15. The van der Waals surface area contributed by atoms with Gasteiger partial charge >= 0.3 is 0 Å². The van der Waals surface area contributed by atoms with Crippen LogP contribution in [0.5, 0.6) is 17.2 Å². The number of nitrogens with zero attached hydrogens (tertiary/aromatic N) is 3. The lowest BCUT2D eigenvalue weighted by molar-refractivity contribution is 0.324. The molecule has 3 heterocycles. The van der Waals surface area contributed by atoms with Crippen LogP contribution in [0.15, 0.2) is 39.3 Å². The molecule has 4 aromatic rings. The zero-order valence-electron chi connectivity index (χ0n) is 16.3. The Labute approximate surface area is 166 Å². The molecular weight excluding hydrogens is 376 g/mol. The molecule has 0 atom stereocenters. The molecule has 0 fully saturated rings. The van der Waals surface area contributed by atoms with Crippen LogP contribution in [-0.2, 0) is 6.42 Å². The lowest BCUT2D eigenvalue weighted by atomic mass is 10.1. The van der Waals surface area contributed by atoms with E-state index in [1.807, 2.05) is 18.2 Å². The first-order chi connectivity index (χ1) is 14.2. The Kier molecular flexibility index (Phi) is 5.05. The second kappa shape index (κ2) is 7.80. The molecule has 3 aromatic heterocycles. The molecule has 0 saturated carbocycles. The van der Waals surface area contributed by atoms with E-state index < -0.39 is 0 Å². The van der Waals surface area contributed by atoms with Crippen molar-refractivity contribution in [1.82, 2.24) is 15.2 Å². The molecule has 29 heavy (non-hydrogen) atoms. The molecule has 0 saturated heterocycles. The number of ether oxygens (including phenoxy) is 3. The first-order valence-corrected chi connectivity index (χ1v) is 8.90. The molecule has 2 N–H and O–H groups in total. The summed E-state index contributed by atoms with van der Waals surface area (Å²) in [4.78, 5) is 4.38. The third-order valence-electron chi connectivity index (χ3n) is 4.42. The third-order valence-corrected chi connectivity index (χ3v) is 4.42. The van der Waals surface area contributed by atoms with Gasteiger partial charge in [-0.3, -0.25) is 4.98 Å². The van der Waals surface area contributed by atoms with Crippen LogP contribution in [0.3, 0.4) is 0 Å². The van der Waals surface area contributed by atoms with Crippen LogP contribution in [0.2, 0.25) is 0 Å². The highest BCUT2D eigenvalue weighted by molar-refractivity contribution is 5.90. The molecule has 0 unspecified atom stereocenters. The van der Waals surface area contributed by atoms with Crippen molar-refractivity contribution in [3.8, 4) is 40.0 Å². The zero-order chi connectivity index (χ0) is 20.4. The van der Waals surface area contributed by atoms with Crippen LogP contribution in [0.4, 0.5) is 0 Å². The summed E-state index contributed by atoms with van der Waals surface area (Å²) in [6, 6.07) is 7.22. The van der Waals surface area contributed by atoms with E-state index in [2.05, 4.69) is 15.2 Å². The normalized spacial score (nSPS) is 11.0. The largest absolute Gasteiger partial charge is 0.493 e. The first-order valence-electron chi connectivity index (χ1n) is 8.90. The number of hydrogen-bond acceptors (Lipinski definition) is 9. The molecule has 150 valence electrons. The Morgan fingerprint density at radius 3 is 2.38 bits per heavy atom. The van der Waals surface area contributed by atoms with Gasteiger partial charge in [0.15, 0.2) is 17.1 Å². The summed E-state index contributed by atoms with van der Waals surface area (Å²) >= 11 is 0. The summed E-state index contributed by atoms with van der Waals surface area (Å²) in [6.45, 7) is 0.430. The van der Waals surface area contributed by atoms with Crippen LogP contribution >= 0.6 is 0 Å². The molecule has 0 aliphatic rings. The molecule has 0 spiro atoms. The van der Waals surface area contributed by atoms with Gasteiger partial charge in [0.25, 0.3) is 5.89 Å². The fourth-order valence-electron chi connectivity index (χ4n) is 3.06. The standard InChI is InChI=1S/C20H20N4O5/c1-25-15-8-11(9-16(26-2)19(15)27-3)14-10-13-18(28-14)12(5-7-22-13)20-24-23-17(29-20)4-6-21/h5,7-10H,4,6,21H2,1-3H3. The Hall–Kier alpha value is -3.59. The summed E-state index contributed by atoms with van der Waals surface area (Å²) in [7, 11) is 4.68. The van der Waals surface area contributed by atoms with E-state index in [1.54, 1.807) is 33.6 Å². The van der Waals surface area contributed by atoms with E-state index in [9.17, 15) is 0 Å². The Balaban J connectivity index is 1.82. The van der Waals surface area contributed by atoms with E-state index in [0.717, 1.165) is 5.56 Å². The number of nitrogens with two attached hydrogens (primary N) is 1. The van der Waals surface area contributed by atoms with Crippen molar-refractivity contribution in [2.75, 3.05) is 27.9 Å². The third kappa shape index (κ3) is 3.36. The van der Waals surface area contributed by atoms with Gasteiger partial charge in [-0.1, -0.05) is 0 Å². The van der Waals surface area contributed by atoms with Crippen LogP contribution in [-0.4, -0.2) is 43.1 Å². The average Bonchev–Trinajstić information content (AvgIpc) is 3.39. The molecule has 9 nitrogen and oxygen atoms in total. The van der Waals surface area contributed by atoms with Crippen molar-refractivity contribution >= 4 is 11.1 Å². The number of aromatic nitrogens is 3. The van der Waals surface area contributed by atoms with Gasteiger partial charge in [0.2, 0.25) is 11.6 Å². The summed E-state index contributed by atoms with van der Waals surface area (Å²) in [5, 5.41) is 8.11. The number of methoxy groups -OCH3 is 3. The number of rotatable bonds is 7. The van der Waals surface area contributed by atoms with Crippen molar-refractivity contribution < 1.29 is 23.0 Å². The number of furan rings is 1. The minimum atomic E-state index is 0.353. The summed E-state index contributed by atoms with van der Waals surface area (Å²) < 4.78 is 28.0. The topological polar surface area (TPSA) is 119 Å². The predicted octanol–water partition coefficient (Wildman–Crippen LogP) is 3.07. The van der Waals surface area contributed by atoms with Crippen molar-refractivity contribution in [2.24, 2.45) is 5.73 Å². The highest BCUT2D eigenvalue weighted by atomic mass is 16.5. The number of hydrogen-bond donors (Lipinski definition) is 1. The van der Waals surface area contributed by atoms with E-state index in [-0.39, 0.29) is 0 Å². The predicted molar refractivity (Wildman–Crippen MR) is 105 cm³/mol. The lowest BCUT2D eigenvalue weighted by Gasteiger charge is -2.13. The van der Waals surface area contributed by atoms with Crippen molar-refractivity contribution in [1.29, 1.82) is 0 Å². The molecule has 4 rings (SSSR count). The van der Waals surface area contributed by atoms with Crippen molar-refractivity contribution in [3.63, 3.8) is 0 Å². The minimum Gasteiger partial charge on any atom is -0.493 e. The average molecular weight is 396 g/mol. The van der Waals surface area contributed by atoms with E-state index in [0.29, 0.717) is 64.4 Å². The van der Waals surface area contributed by atoms with Gasteiger partial charge in [-0.05, 0) is 18.2 Å². The van der Waals surface area contributed by atoms with E-state index in [4.69, 9.17) is 28.8 Å². The summed E-state index contributed by atoms with van der Waals surface area (Å²) in [5.74, 6) is 2.97. The monoisotopic (exact) mass is 396 g/mol. The van der Waals surface area contributed by atoms with Crippen LogP contribution in [0, 0.1) is 0 Å². The molecule has 0 amide bonds. The number of pyridine rings is 1. The van der Waals surface area contributed by atoms with Crippen molar-refractivity contribution in [3.05, 3.63) is 36.4 Å². The molecule has 0 bridgehead atoms. The van der Waals surface area contributed by atoms with E-state index in [1.165, 1.54) is 0 Å². The smallest absolute Gasteiger partial charge is 0.251 e. The Morgan fingerprint density at radius 1 is 0.966 bits per heavy atom. The van der Waals surface area contributed by atoms with Gasteiger partial charge in [-0.25, -0.2) is 0 Å². The number of fused-ring (bicyclic) bond motifs is 1. The van der Waals surface area contributed by atoms with Gasteiger partial charge in [0, 0.05) is 30.8 Å². The lowest BCUT2D eigenvalue weighted by Crippen LogP contribution is -2.02. The van der Waals surface area contributed by atoms with Gasteiger partial charge in [0.1, 0.15) is 11.3 Å². The highest BCUT2D eigenvalue weighted by Crippen LogP contribution is 2.42. The molecule has 0 radical (unpaired) electrons. The zero-order valence-corrected chi connectivity index (χ0v) is 16.3. The number of benzene rings is 1.